The molecule has 0 aromatic heterocycles. The molecule has 0 bridgehead atoms. The van der Waals surface area contributed by atoms with Crippen LogP contribution in [0.25, 0.3) is 0 Å². The van der Waals surface area contributed by atoms with Crippen LogP contribution in [-0.4, -0.2) is 31.1 Å². The number of nitrogens with one attached hydrogen (secondary N) is 1. The predicted octanol–water partition coefficient (Wildman–Crippen LogP) is 3.95. The molecule has 2 aromatic rings. The van der Waals surface area contributed by atoms with E-state index >= 15 is 0 Å². The smallest absolute Gasteiger partial charge is 0.227 e. The molecule has 1 aliphatic heterocycles. The van der Waals surface area contributed by atoms with Gasteiger partial charge in [-0.1, -0.05) is 29.8 Å². The van der Waals surface area contributed by atoms with Gasteiger partial charge in [0.1, 0.15) is 17.6 Å². The van der Waals surface area contributed by atoms with Crippen molar-refractivity contribution in [3.63, 3.8) is 0 Å². The molecule has 0 fully saturated rings. The third kappa shape index (κ3) is 5.41. The number of para-hydroxylation sites is 1. The number of halogens is 1. The number of ether oxygens (including phenoxy) is 2. The first-order valence-electron chi connectivity index (χ1n) is 9.72. The van der Waals surface area contributed by atoms with Gasteiger partial charge >= 0.3 is 0 Å². The second kappa shape index (κ2) is 9.65. The van der Waals surface area contributed by atoms with Gasteiger partial charge in [-0.2, -0.15) is 0 Å². The highest BCUT2D eigenvalue weighted by Crippen LogP contribution is 2.36. The van der Waals surface area contributed by atoms with E-state index in [1.807, 2.05) is 38.1 Å². The van der Waals surface area contributed by atoms with E-state index in [0.29, 0.717) is 36.2 Å². The fourth-order valence-corrected chi connectivity index (χ4v) is 3.40. The molecule has 3 rings (SSSR count). The first-order chi connectivity index (χ1) is 14.0. The van der Waals surface area contributed by atoms with Crippen LogP contribution in [0.3, 0.4) is 0 Å². The number of carbonyl (C=O) groups excluding carboxylic acids is 2. The Kier molecular flexibility index (Phi) is 6.99. The lowest BCUT2D eigenvalue weighted by molar-refractivity contribution is -0.125. The fraction of sp³-hybridized carbons (Fsp3) is 0.364. The van der Waals surface area contributed by atoms with E-state index in [9.17, 15) is 9.59 Å². The maximum Gasteiger partial charge on any atom is 0.227 e. The Morgan fingerprint density at radius 3 is 2.83 bits per heavy atom. The summed E-state index contributed by atoms with van der Waals surface area (Å²) < 4.78 is 11.3. The minimum absolute atomic E-state index is 0.108. The average Bonchev–Trinajstić information content (AvgIpc) is 2.71. The van der Waals surface area contributed by atoms with Crippen LogP contribution in [-0.2, 0) is 16.1 Å². The normalized spacial score (nSPS) is 15.3. The van der Waals surface area contributed by atoms with Gasteiger partial charge in [-0.25, -0.2) is 0 Å². The summed E-state index contributed by atoms with van der Waals surface area (Å²) in [4.78, 5) is 26.7. The van der Waals surface area contributed by atoms with E-state index in [-0.39, 0.29) is 30.8 Å². The van der Waals surface area contributed by atoms with E-state index in [0.717, 1.165) is 11.3 Å². The topological polar surface area (TPSA) is 67.9 Å². The van der Waals surface area contributed by atoms with Crippen molar-refractivity contribution in [1.29, 1.82) is 0 Å². The Hall–Kier alpha value is -2.73. The van der Waals surface area contributed by atoms with Crippen LogP contribution in [0.2, 0.25) is 5.02 Å². The van der Waals surface area contributed by atoms with Gasteiger partial charge in [0, 0.05) is 30.0 Å². The first-order valence-corrected chi connectivity index (χ1v) is 10.1. The van der Waals surface area contributed by atoms with Gasteiger partial charge in [-0.15, -0.1) is 0 Å². The number of amides is 2. The van der Waals surface area contributed by atoms with E-state index in [1.165, 1.54) is 0 Å². The number of fused-ring (bicyclic) bond motifs is 1. The van der Waals surface area contributed by atoms with E-state index in [2.05, 4.69) is 5.32 Å². The van der Waals surface area contributed by atoms with Crippen LogP contribution in [0.15, 0.2) is 42.5 Å². The highest BCUT2D eigenvalue weighted by Gasteiger charge is 2.28. The number of carbonyl (C=O) groups is 2. The summed E-state index contributed by atoms with van der Waals surface area (Å²) in [6.45, 7) is 5.16. The molecule has 1 aliphatic rings. The van der Waals surface area contributed by atoms with Crippen LogP contribution in [0.1, 0.15) is 32.3 Å². The molecular formula is C22H25ClN2O4. The van der Waals surface area contributed by atoms with Crippen molar-refractivity contribution in [2.45, 2.75) is 39.3 Å². The molecule has 2 amide bonds. The predicted molar refractivity (Wildman–Crippen MR) is 113 cm³/mol. The first kappa shape index (κ1) is 21.0. The summed E-state index contributed by atoms with van der Waals surface area (Å²) in [5, 5.41) is 3.39. The summed E-state index contributed by atoms with van der Waals surface area (Å²) in [6, 6.07) is 12.8. The standard InChI is InChI=1S/C22H25ClN2O4/c1-3-28-19-7-5-4-6-16(19)13-24-21(26)10-11-22(27)25-14-15(2)29-20-9-8-17(23)12-18(20)25/h4-9,12,15H,3,10-11,13-14H2,1-2H3,(H,24,26)/t15-/m1/s1. The van der Waals surface area contributed by atoms with Crippen LogP contribution < -0.4 is 19.7 Å². The zero-order valence-electron chi connectivity index (χ0n) is 16.6. The summed E-state index contributed by atoms with van der Waals surface area (Å²) in [7, 11) is 0. The second-order valence-corrected chi connectivity index (χ2v) is 7.30. The molecule has 1 heterocycles. The molecule has 154 valence electrons. The number of hydrogen-bond donors (Lipinski definition) is 1. The average molecular weight is 417 g/mol. The third-order valence-corrected chi connectivity index (χ3v) is 4.83. The van der Waals surface area contributed by atoms with Crippen molar-refractivity contribution < 1.29 is 19.1 Å². The molecule has 1 N–H and O–H groups in total. The Bertz CT molecular complexity index is 887. The quantitative estimate of drug-likeness (QED) is 0.742. The molecule has 7 heteroatoms. The molecule has 1 atom stereocenters. The molecule has 0 unspecified atom stereocenters. The SMILES string of the molecule is CCOc1ccccc1CNC(=O)CCC(=O)N1C[C@@H](C)Oc2ccc(Cl)cc21. The summed E-state index contributed by atoms with van der Waals surface area (Å²) >= 11 is 6.08. The van der Waals surface area contributed by atoms with Crippen LogP contribution in [0, 0.1) is 0 Å². The van der Waals surface area contributed by atoms with Gasteiger partial charge in [0.2, 0.25) is 11.8 Å². The van der Waals surface area contributed by atoms with Crippen molar-refractivity contribution in [2.75, 3.05) is 18.1 Å². The van der Waals surface area contributed by atoms with Crippen molar-refractivity contribution in [3.05, 3.63) is 53.1 Å². The molecule has 29 heavy (non-hydrogen) atoms. The van der Waals surface area contributed by atoms with Crippen molar-refractivity contribution in [2.24, 2.45) is 0 Å². The third-order valence-electron chi connectivity index (χ3n) is 4.60. The fourth-order valence-electron chi connectivity index (χ4n) is 3.23. The minimum Gasteiger partial charge on any atom is -0.494 e. The molecule has 0 saturated heterocycles. The highest BCUT2D eigenvalue weighted by molar-refractivity contribution is 6.31. The Morgan fingerprint density at radius 1 is 1.24 bits per heavy atom. The number of rotatable bonds is 7. The van der Waals surface area contributed by atoms with Crippen LogP contribution >= 0.6 is 11.6 Å². The molecule has 6 nitrogen and oxygen atoms in total. The zero-order chi connectivity index (χ0) is 20.8. The largest absolute Gasteiger partial charge is 0.494 e. The summed E-state index contributed by atoms with van der Waals surface area (Å²) in [5.74, 6) is 1.06. The van der Waals surface area contributed by atoms with Gasteiger partial charge in [0.25, 0.3) is 0 Å². The van der Waals surface area contributed by atoms with Gasteiger partial charge in [0.15, 0.2) is 0 Å². The van der Waals surface area contributed by atoms with Gasteiger partial charge in [0.05, 0.1) is 18.8 Å². The van der Waals surface area contributed by atoms with Gasteiger partial charge < -0.3 is 19.7 Å². The Morgan fingerprint density at radius 2 is 2.03 bits per heavy atom. The molecular weight excluding hydrogens is 392 g/mol. The van der Waals surface area contributed by atoms with Crippen molar-refractivity contribution in [1.82, 2.24) is 5.32 Å². The Labute approximate surface area is 175 Å². The maximum atomic E-state index is 12.8. The lowest BCUT2D eigenvalue weighted by Gasteiger charge is -2.33. The lowest BCUT2D eigenvalue weighted by Crippen LogP contribution is -2.42. The molecule has 0 aliphatic carbocycles. The molecule has 0 spiro atoms. The van der Waals surface area contributed by atoms with Crippen molar-refractivity contribution >= 4 is 29.1 Å². The zero-order valence-corrected chi connectivity index (χ0v) is 17.4. The molecule has 2 aromatic carbocycles. The summed E-state index contributed by atoms with van der Waals surface area (Å²) in [5.41, 5.74) is 1.55. The molecule has 0 radical (unpaired) electrons. The van der Waals surface area contributed by atoms with E-state index in [1.54, 1.807) is 23.1 Å². The van der Waals surface area contributed by atoms with Gasteiger partial charge in [-0.3, -0.25) is 9.59 Å². The monoisotopic (exact) mass is 416 g/mol. The van der Waals surface area contributed by atoms with Crippen LogP contribution in [0.5, 0.6) is 11.5 Å². The van der Waals surface area contributed by atoms with Gasteiger partial charge in [-0.05, 0) is 38.1 Å². The highest BCUT2D eigenvalue weighted by atomic mass is 35.5. The van der Waals surface area contributed by atoms with E-state index < -0.39 is 0 Å². The minimum atomic E-state index is -0.183. The number of hydrogen-bond acceptors (Lipinski definition) is 4. The Balaban J connectivity index is 1.56. The van der Waals surface area contributed by atoms with Crippen LogP contribution in [0.4, 0.5) is 5.69 Å². The number of nitrogens with zero attached hydrogens (tertiary/aromatic N) is 1. The number of benzene rings is 2. The lowest BCUT2D eigenvalue weighted by atomic mass is 10.1. The second-order valence-electron chi connectivity index (χ2n) is 6.86. The summed E-state index contributed by atoms with van der Waals surface area (Å²) in [6.07, 6.45) is 0.0889. The number of anilines is 1. The van der Waals surface area contributed by atoms with Crippen molar-refractivity contribution in [3.8, 4) is 11.5 Å². The van der Waals surface area contributed by atoms with E-state index in [4.69, 9.17) is 21.1 Å². The maximum absolute atomic E-state index is 12.8. The molecule has 0 saturated carbocycles.